The molecule has 3 aromatic heterocycles. The first kappa shape index (κ1) is 21.5. The minimum absolute atomic E-state index is 0.198. The number of rotatable bonds is 5. The molecule has 1 aliphatic rings. The number of aliphatic hydroxyl groups excluding tert-OH is 1. The number of carbonyl (C=O) groups excluding carboxylic acids is 1. The maximum atomic E-state index is 12.6. The molecule has 1 aromatic carbocycles. The summed E-state index contributed by atoms with van der Waals surface area (Å²) in [5, 5.41) is 13.4. The van der Waals surface area contributed by atoms with Gasteiger partial charge in [0, 0.05) is 40.5 Å². The highest BCUT2D eigenvalue weighted by Crippen LogP contribution is 2.36. The number of nitrogens with one attached hydrogen (secondary N) is 1. The zero-order valence-electron chi connectivity index (χ0n) is 18.4. The lowest BCUT2D eigenvalue weighted by atomic mass is 9.87. The van der Waals surface area contributed by atoms with Crippen LogP contribution in [0.3, 0.4) is 0 Å². The van der Waals surface area contributed by atoms with Crippen molar-refractivity contribution in [3.05, 3.63) is 59.1 Å². The molecule has 8 nitrogen and oxygen atoms in total. The third kappa shape index (κ3) is 4.21. The molecule has 0 saturated heterocycles. The Kier molecular flexibility index (Phi) is 5.82. The number of hydrogen-bond acceptors (Lipinski definition) is 7. The Labute approximate surface area is 195 Å². The number of nitrogens with two attached hydrogens (primary N) is 1. The van der Waals surface area contributed by atoms with E-state index in [0.717, 1.165) is 59.6 Å². The minimum Gasteiger partial charge on any atom is -0.393 e. The highest BCUT2D eigenvalue weighted by molar-refractivity contribution is 7.15. The van der Waals surface area contributed by atoms with Crippen molar-refractivity contribution in [1.29, 1.82) is 0 Å². The van der Waals surface area contributed by atoms with Crippen LogP contribution < -0.4 is 11.1 Å². The number of aromatic nitrogens is 4. The van der Waals surface area contributed by atoms with Gasteiger partial charge in [-0.25, -0.2) is 15.0 Å². The summed E-state index contributed by atoms with van der Waals surface area (Å²) in [7, 11) is 0. The number of carbonyl (C=O) groups is 1. The van der Waals surface area contributed by atoms with Crippen molar-refractivity contribution in [1.82, 2.24) is 19.4 Å². The van der Waals surface area contributed by atoms with E-state index in [2.05, 4.69) is 22.2 Å². The molecule has 4 N–H and O–H groups in total. The van der Waals surface area contributed by atoms with Gasteiger partial charge in [-0.2, -0.15) is 0 Å². The Hall–Kier alpha value is -3.30. The van der Waals surface area contributed by atoms with E-state index in [0.29, 0.717) is 16.5 Å². The third-order valence-corrected chi connectivity index (χ3v) is 7.27. The fraction of sp³-hybridized carbons (Fsp3) is 0.333. The van der Waals surface area contributed by atoms with Gasteiger partial charge in [-0.1, -0.05) is 19.1 Å². The molecular weight excluding hydrogens is 436 g/mol. The van der Waals surface area contributed by atoms with E-state index >= 15 is 0 Å². The molecule has 4 aromatic rings. The third-order valence-electron chi connectivity index (χ3n) is 6.22. The van der Waals surface area contributed by atoms with Crippen molar-refractivity contribution in [2.75, 3.05) is 11.1 Å². The Morgan fingerprint density at radius 2 is 1.97 bits per heavy atom. The van der Waals surface area contributed by atoms with Gasteiger partial charge in [-0.05, 0) is 44.2 Å². The van der Waals surface area contributed by atoms with Gasteiger partial charge < -0.3 is 10.8 Å². The Balaban J connectivity index is 1.44. The van der Waals surface area contributed by atoms with Crippen molar-refractivity contribution < 1.29 is 9.90 Å². The lowest BCUT2D eigenvalue weighted by molar-refractivity contribution is 0.102. The molecule has 0 bridgehead atoms. The van der Waals surface area contributed by atoms with E-state index in [1.165, 1.54) is 11.3 Å². The van der Waals surface area contributed by atoms with Gasteiger partial charge in [0.1, 0.15) is 22.9 Å². The number of anilines is 2. The quantitative estimate of drug-likeness (QED) is 0.408. The van der Waals surface area contributed by atoms with Gasteiger partial charge >= 0.3 is 0 Å². The average Bonchev–Trinajstić information content (AvgIpc) is 3.45. The van der Waals surface area contributed by atoms with Crippen LogP contribution in [0.5, 0.6) is 0 Å². The summed E-state index contributed by atoms with van der Waals surface area (Å²) >= 11 is 1.48. The number of fused-ring (bicyclic) bond motifs is 1. The summed E-state index contributed by atoms with van der Waals surface area (Å²) < 4.78 is 2.02. The smallest absolute Gasteiger partial charge is 0.257 e. The van der Waals surface area contributed by atoms with Crippen molar-refractivity contribution in [2.24, 2.45) is 0 Å². The second-order valence-corrected chi connectivity index (χ2v) is 9.49. The number of thiazole rings is 1. The van der Waals surface area contributed by atoms with Gasteiger partial charge in [0.25, 0.3) is 5.91 Å². The van der Waals surface area contributed by atoms with Crippen LogP contribution in [0.2, 0.25) is 0 Å². The maximum absolute atomic E-state index is 12.6. The van der Waals surface area contributed by atoms with Gasteiger partial charge in [-0.3, -0.25) is 14.5 Å². The van der Waals surface area contributed by atoms with Crippen LogP contribution >= 0.6 is 11.3 Å². The maximum Gasteiger partial charge on any atom is 0.257 e. The second kappa shape index (κ2) is 8.92. The number of hydrogen-bond donors (Lipinski definition) is 3. The number of imidazole rings is 1. The molecule has 0 atom stereocenters. The van der Waals surface area contributed by atoms with Crippen LogP contribution in [-0.4, -0.2) is 36.5 Å². The highest BCUT2D eigenvalue weighted by Gasteiger charge is 2.26. The van der Waals surface area contributed by atoms with Crippen molar-refractivity contribution in [3.63, 3.8) is 0 Å². The number of benzene rings is 1. The molecule has 1 aliphatic carbocycles. The molecule has 1 fully saturated rings. The average molecular weight is 463 g/mol. The first-order valence-electron chi connectivity index (χ1n) is 11.2. The topological polar surface area (TPSA) is 118 Å². The Morgan fingerprint density at radius 1 is 1.21 bits per heavy atom. The Morgan fingerprint density at radius 3 is 2.67 bits per heavy atom. The van der Waals surface area contributed by atoms with E-state index in [9.17, 15) is 9.90 Å². The number of nitrogens with zero attached hydrogens (tertiary/aromatic N) is 4. The van der Waals surface area contributed by atoms with Gasteiger partial charge in [0.15, 0.2) is 5.13 Å². The molecule has 5 rings (SSSR count). The lowest BCUT2D eigenvalue weighted by Gasteiger charge is -2.24. The van der Waals surface area contributed by atoms with E-state index in [1.54, 1.807) is 24.5 Å². The number of nitrogen functional groups attached to an aromatic ring is 1. The van der Waals surface area contributed by atoms with Crippen LogP contribution in [0, 0.1) is 0 Å². The molecule has 0 aliphatic heterocycles. The van der Waals surface area contributed by atoms with Gasteiger partial charge in [-0.15, -0.1) is 11.3 Å². The predicted octanol–water partition coefficient (Wildman–Crippen LogP) is 4.27. The SMILES string of the molecule is CCc1cnc(NC(=O)c2ccc(-c3nc(C4CCC(O)CC4)n4ccnc(N)c34)cc2)s1. The van der Waals surface area contributed by atoms with Crippen LogP contribution in [0.4, 0.5) is 10.9 Å². The summed E-state index contributed by atoms with van der Waals surface area (Å²) in [6.45, 7) is 2.06. The van der Waals surface area contributed by atoms with E-state index in [1.807, 2.05) is 22.7 Å². The fourth-order valence-electron chi connectivity index (χ4n) is 4.39. The van der Waals surface area contributed by atoms with Crippen molar-refractivity contribution >= 4 is 33.7 Å². The Bertz CT molecular complexity index is 1290. The molecule has 3 heterocycles. The number of aryl methyl sites for hydroxylation is 1. The molecule has 170 valence electrons. The number of aliphatic hydroxyl groups is 1. The summed E-state index contributed by atoms with van der Waals surface area (Å²) in [6, 6.07) is 7.34. The summed E-state index contributed by atoms with van der Waals surface area (Å²) in [5.74, 6) is 1.42. The summed E-state index contributed by atoms with van der Waals surface area (Å²) in [6.07, 6.45) is 9.35. The summed E-state index contributed by atoms with van der Waals surface area (Å²) in [5.41, 5.74) is 9.19. The van der Waals surface area contributed by atoms with Crippen LogP contribution in [-0.2, 0) is 6.42 Å². The molecule has 0 radical (unpaired) electrons. The predicted molar refractivity (Wildman–Crippen MR) is 129 cm³/mol. The van der Waals surface area contributed by atoms with Crippen molar-refractivity contribution in [2.45, 2.75) is 51.0 Å². The zero-order chi connectivity index (χ0) is 22.9. The molecule has 33 heavy (non-hydrogen) atoms. The molecule has 1 amide bonds. The van der Waals surface area contributed by atoms with Crippen LogP contribution in [0.1, 0.15) is 59.6 Å². The molecular formula is C24H26N6O2S. The molecule has 9 heteroatoms. The van der Waals surface area contributed by atoms with E-state index in [4.69, 9.17) is 10.7 Å². The molecule has 1 saturated carbocycles. The normalized spacial score (nSPS) is 18.5. The first-order chi connectivity index (χ1) is 16.0. The monoisotopic (exact) mass is 462 g/mol. The van der Waals surface area contributed by atoms with Crippen LogP contribution in [0.15, 0.2) is 42.9 Å². The van der Waals surface area contributed by atoms with Gasteiger partial charge in [0.05, 0.1) is 6.10 Å². The molecule has 0 spiro atoms. The van der Waals surface area contributed by atoms with E-state index in [-0.39, 0.29) is 17.9 Å². The number of amides is 1. The lowest BCUT2D eigenvalue weighted by Crippen LogP contribution is -2.18. The van der Waals surface area contributed by atoms with Crippen molar-refractivity contribution in [3.8, 4) is 11.3 Å². The van der Waals surface area contributed by atoms with Gasteiger partial charge in [0.2, 0.25) is 0 Å². The standard InChI is InChI=1S/C24H26N6O2S/c1-2-18-13-27-24(33-18)29-23(32)16-5-3-14(4-6-16)19-20-21(25)26-11-12-30(20)22(28-19)15-7-9-17(31)10-8-15/h3-6,11-13,15,17,31H,2,7-10H2,1H3,(H2,25,26)(H,27,29,32). The highest BCUT2D eigenvalue weighted by atomic mass is 32.1. The second-order valence-electron chi connectivity index (χ2n) is 8.37. The van der Waals surface area contributed by atoms with E-state index < -0.39 is 0 Å². The summed E-state index contributed by atoms with van der Waals surface area (Å²) in [4.78, 5) is 27.3. The fourth-order valence-corrected chi connectivity index (χ4v) is 5.14. The first-order valence-corrected chi connectivity index (χ1v) is 12.0. The molecule has 0 unspecified atom stereocenters. The largest absolute Gasteiger partial charge is 0.393 e. The minimum atomic E-state index is -0.227. The zero-order valence-corrected chi connectivity index (χ0v) is 19.2. The van der Waals surface area contributed by atoms with Crippen LogP contribution in [0.25, 0.3) is 16.8 Å².